The number of hydrogen-bond donors (Lipinski definition) is 0. The van der Waals surface area contributed by atoms with E-state index in [1.807, 2.05) is 27.7 Å². The minimum Gasteiger partial charge on any atom is -0.211 e. The van der Waals surface area contributed by atoms with Gasteiger partial charge in [0.25, 0.3) is 0 Å². The number of aliphatic imine (C=N–C) groups is 3. The Labute approximate surface area is 111 Å². The van der Waals surface area contributed by atoms with E-state index in [1.54, 1.807) is 6.08 Å². The highest BCUT2D eigenvalue weighted by Crippen LogP contribution is 2.49. The van der Waals surface area contributed by atoms with Crippen molar-refractivity contribution in [3.05, 3.63) is 0 Å². The van der Waals surface area contributed by atoms with E-state index in [2.05, 4.69) is 15.0 Å². The summed E-state index contributed by atoms with van der Waals surface area (Å²) in [6.45, 7) is 7.57. The molecular weight excluding hydrogens is 246 g/mol. The molecule has 0 saturated heterocycles. The van der Waals surface area contributed by atoms with Crippen LogP contribution < -0.4 is 0 Å². The van der Waals surface area contributed by atoms with E-state index in [-0.39, 0.29) is 11.5 Å². The standard InChI is InChI=1S/C13H17N3O3/c1-12(2)5-9(14-6-17)10(15-7-18)13(3,4)11(12)16-8-19/h9-11H,5H2,1-4H3. The fourth-order valence-electron chi connectivity index (χ4n) is 3.31. The zero-order valence-corrected chi connectivity index (χ0v) is 11.5. The van der Waals surface area contributed by atoms with Crippen molar-refractivity contribution in [1.82, 2.24) is 0 Å². The Bertz CT molecular complexity index is 493. The molecule has 3 atom stereocenters. The first-order valence-electron chi connectivity index (χ1n) is 6.02. The molecule has 102 valence electrons. The van der Waals surface area contributed by atoms with Crippen molar-refractivity contribution in [2.75, 3.05) is 0 Å². The van der Waals surface area contributed by atoms with E-state index in [4.69, 9.17) is 0 Å². The lowest BCUT2D eigenvalue weighted by Gasteiger charge is -2.50. The molecule has 0 aromatic heterocycles. The second kappa shape index (κ2) is 5.41. The van der Waals surface area contributed by atoms with Crippen molar-refractivity contribution in [2.24, 2.45) is 25.8 Å². The summed E-state index contributed by atoms with van der Waals surface area (Å²) in [4.78, 5) is 43.2. The monoisotopic (exact) mass is 263 g/mol. The molecule has 6 nitrogen and oxygen atoms in total. The number of rotatable bonds is 3. The second-order valence-electron chi connectivity index (χ2n) is 6.09. The maximum Gasteiger partial charge on any atom is 0.235 e. The van der Waals surface area contributed by atoms with Crippen LogP contribution in [0, 0.1) is 10.8 Å². The molecule has 1 aliphatic rings. The summed E-state index contributed by atoms with van der Waals surface area (Å²) in [6.07, 6.45) is 5.11. The molecule has 0 aromatic carbocycles. The third kappa shape index (κ3) is 2.77. The van der Waals surface area contributed by atoms with Crippen LogP contribution >= 0.6 is 0 Å². The second-order valence-corrected chi connectivity index (χ2v) is 6.09. The molecule has 0 heterocycles. The molecule has 1 aliphatic carbocycles. The Kier molecular flexibility index (Phi) is 4.33. The Morgan fingerprint density at radius 1 is 0.895 bits per heavy atom. The fourth-order valence-corrected chi connectivity index (χ4v) is 3.31. The quantitative estimate of drug-likeness (QED) is 0.571. The van der Waals surface area contributed by atoms with Crippen molar-refractivity contribution < 1.29 is 14.4 Å². The number of isocyanates is 3. The largest absolute Gasteiger partial charge is 0.235 e. The topological polar surface area (TPSA) is 88.3 Å². The van der Waals surface area contributed by atoms with Crippen LogP contribution in [-0.4, -0.2) is 36.4 Å². The summed E-state index contributed by atoms with van der Waals surface area (Å²) in [5, 5.41) is 0. The Hall–Kier alpha value is -1.86. The molecule has 0 spiro atoms. The molecule has 6 heteroatoms. The zero-order valence-electron chi connectivity index (χ0n) is 11.5. The van der Waals surface area contributed by atoms with Gasteiger partial charge in [0.05, 0.1) is 18.1 Å². The maximum absolute atomic E-state index is 10.6. The van der Waals surface area contributed by atoms with Crippen molar-refractivity contribution in [1.29, 1.82) is 0 Å². The number of carbonyl (C=O) groups excluding carboxylic acids is 3. The Morgan fingerprint density at radius 3 is 1.89 bits per heavy atom. The van der Waals surface area contributed by atoms with Crippen molar-refractivity contribution in [3.8, 4) is 0 Å². The summed E-state index contributed by atoms with van der Waals surface area (Å²) in [5.74, 6) is 0. The van der Waals surface area contributed by atoms with Crippen LogP contribution in [-0.2, 0) is 14.4 Å². The molecule has 19 heavy (non-hydrogen) atoms. The lowest BCUT2D eigenvalue weighted by atomic mass is 9.57. The van der Waals surface area contributed by atoms with Crippen LogP contribution in [0.5, 0.6) is 0 Å². The number of hydrogen-bond acceptors (Lipinski definition) is 6. The molecule has 3 unspecified atom stereocenters. The van der Waals surface area contributed by atoms with Gasteiger partial charge in [-0.3, -0.25) is 0 Å². The van der Waals surface area contributed by atoms with Gasteiger partial charge in [0.2, 0.25) is 18.2 Å². The van der Waals surface area contributed by atoms with E-state index in [0.29, 0.717) is 6.42 Å². The van der Waals surface area contributed by atoms with Crippen LogP contribution in [0.4, 0.5) is 0 Å². The van der Waals surface area contributed by atoms with Gasteiger partial charge in [0.15, 0.2) is 0 Å². The van der Waals surface area contributed by atoms with Gasteiger partial charge in [-0.2, -0.15) is 4.99 Å². The minimum absolute atomic E-state index is 0.360. The summed E-state index contributed by atoms with van der Waals surface area (Å²) >= 11 is 0. The lowest BCUT2D eigenvalue weighted by Crippen LogP contribution is -2.56. The third-order valence-corrected chi connectivity index (χ3v) is 3.90. The average Bonchev–Trinajstić information content (AvgIpc) is 2.30. The first-order chi connectivity index (χ1) is 8.81. The van der Waals surface area contributed by atoms with E-state index < -0.39 is 17.5 Å². The molecular formula is C13H17N3O3. The van der Waals surface area contributed by atoms with E-state index in [0.717, 1.165) is 0 Å². The third-order valence-electron chi connectivity index (χ3n) is 3.90. The highest BCUT2D eigenvalue weighted by molar-refractivity contribution is 5.39. The van der Waals surface area contributed by atoms with Gasteiger partial charge in [-0.25, -0.2) is 24.4 Å². The predicted molar refractivity (Wildman–Crippen MR) is 67.9 cm³/mol. The SMILES string of the molecule is CC1(C)CC(N=C=O)C(N=C=O)C(C)(C)C1N=C=O. The van der Waals surface area contributed by atoms with Gasteiger partial charge in [0, 0.05) is 5.41 Å². The van der Waals surface area contributed by atoms with Crippen LogP contribution in [0.1, 0.15) is 34.1 Å². The summed E-state index contributed by atoms with van der Waals surface area (Å²) in [6, 6.07) is -1.37. The van der Waals surface area contributed by atoms with Crippen molar-refractivity contribution in [3.63, 3.8) is 0 Å². The van der Waals surface area contributed by atoms with Crippen molar-refractivity contribution >= 4 is 18.2 Å². The Balaban J connectivity index is 3.38. The van der Waals surface area contributed by atoms with Crippen LogP contribution in [0.3, 0.4) is 0 Å². The first-order valence-corrected chi connectivity index (χ1v) is 6.02. The van der Waals surface area contributed by atoms with Gasteiger partial charge in [-0.1, -0.05) is 27.7 Å². The van der Waals surface area contributed by atoms with Crippen LogP contribution in [0.25, 0.3) is 0 Å². The molecule has 0 aliphatic heterocycles. The van der Waals surface area contributed by atoms with Gasteiger partial charge in [-0.15, -0.1) is 0 Å². The molecule has 0 bridgehead atoms. The van der Waals surface area contributed by atoms with E-state index >= 15 is 0 Å². The highest BCUT2D eigenvalue weighted by atomic mass is 16.1. The predicted octanol–water partition coefficient (Wildman–Crippen LogP) is 1.56. The molecule has 0 amide bonds. The summed E-state index contributed by atoms with van der Waals surface area (Å²) in [7, 11) is 0. The maximum atomic E-state index is 10.6. The van der Waals surface area contributed by atoms with Crippen LogP contribution in [0.15, 0.2) is 15.0 Å². The Morgan fingerprint density at radius 2 is 1.42 bits per heavy atom. The molecule has 1 saturated carbocycles. The summed E-state index contributed by atoms with van der Waals surface area (Å²) in [5.41, 5.74) is -0.970. The molecule has 0 radical (unpaired) electrons. The van der Waals surface area contributed by atoms with Crippen molar-refractivity contribution in [2.45, 2.75) is 52.2 Å². The lowest BCUT2D eigenvalue weighted by molar-refractivity contribution is 0.0447. The van der Waals surface area contributed by atoms with Crippen LogP contribution in [0.2, 0.25) is 0 Å². The summed E-state index contributed by atoms with van der Waals surface area (Å²) < 4.78 is 0. The number of nitrogens with zero attached hydrogens (tertiary/aromatic N) is 3. The van der Waals surface area contributed by atoms with E-state index in [1.165, 1.54) is 12.2 Å². The van der Waals surface area contributed by atoms with E-state index in [9.17, 15) is 14.4 Å². The first kappa shape index (κ1) is 15.2. The highest BCUT2D eigenvalue weighted by Gasteiger charge is 2.54. The van der Waals surface area contributed by atoms with Gasteiger partial charge in [-0.05, 0) is 11.8 Å². The van der Waals surface area contributed by atoms with Gasteiger partial charge in [0.1, 0.15) is 0 Å². The van der Waals surface area contributed by atoms with Gasteiger partial charge >= 0.3 is 0 Å². The zero-order chi connectivity index (χ0) is 14.7. The average molecular weight is 263 g/mol. The fraction of sp³-hybridized carbons (Fsp3) is 0.769. The minimum atomic E-state index is -0.610. The smallest absolute Gasteiger partial charge is 0.211 e. The molecule has 1 rings (SSSR count). The molecule has 0 aromatic rings. The normalized spacial score (nSPS) is 31.3. The molecule has 0 N–H and O–H groups in total. The van der Waals surface area contributed by atoms with Gasteiger partial charge < -0.3 is 0 Å². The molecule has 1 fully saturated rings.